The first-order valence-corrected chi connectivity index (χ1v) is 6.26. The third kappa shape index (κ3) is 2.24. The fourth-order valence-electron chi connectivity index (χ4n) is 2.36. The number of ether oxygens (including phenoxy) is 1. The second kappa shape index (κ2) is 4.85. The van der Waals surface area contributed by atoms with Crippen LogP contribution in [0.3, 0.4) is 0 Å². The van der Waals surface area contributed by atoms with E-state index in [1.54, 1.807) is 12.3 Å². The van der Waals surface area contributed by atoms with Crippen LogP contribution >= 0.6 is 0 Å². The van der Waals surface area contributed by atoms with E-state index >= 15 is 0 Å². The molecule has 5 heteroatoms. The highest BCUT2D eigenvalue weighted by Crippen LogP contribution is 2.27. The molecule has 0 saturated carbocycles. The summed E-state index contributed by atoms with van der Waals surface area (Å²) >= 11 is 0. The lowest BCUT2D eigenvalue weighted by atomic mass is 10.1. The van der Waals surface area contributed by atoms with Crippen LogP contribution < -0.4 is 10.6 Å². The predicted molar refractivity (Wildman–Crippen MR) is 73.3 cm³/mol. The van der Waals surface area contributed by atoms with Gasteiger partial charge in [-0.25, -0.2) is 0 Å². The molecule has 0 atom stereocenters. The molecule has 5 nitrogen and oxygen atoms in total. The number of hydrogen-bond donors (Lipinski definition) is 1. The van der Waals surface area contributed by atoms with Crippen molar-refractivity contribution in [1.82, 2.24) is 4.98 Å². The smallest absolute Gasteiger partial charge is 0.248 e. The predicted octanol–water partition coefficient (Wildman–Crippen LogP) is 1.17. The normalized spacial score (nSPS) is 15.7. The van der Waals surface area contributed by atoms with Crippen LogP contribution in [-0.4, -0.2) is 37.2 Å². The molecule has 2 heterocycles. The zero-order valence-electron chi connectivity index (χ0n) is 10.5. The van der Waals surface area contributed by atoms with Gasteiger partial charge in [-0.1, -0.05) is 6.07 Å². The molecular weight excluding hydrogens is 242 g/mol. The van der Waals surface area contributed by atoms with Crippen molar-refractivity contribution >= 4 is 22.4 Å². The molecule has 1 fully saturated rings. The number of carbonyl (C=O) groups is 1. The number of primary amides is 1. The van der Waals surface area contributed by atoms with Crippen LogP contribution in [0.25, 0.3) is 10.8 Å². The first-order valence-electron chi connectivity index (χ1n) is 6.26. The van der Waals surface area contributed by atoms with Gasteiger partial charge in [0, 0.05) is 35.6 Å². The molecule has 1 amide bonds. The molecule has 0 radical (unpaired) electrons. The van der Waals surface area contributed by atoms with E-state index in [9.17, 15) is 4.79 Å². The number of carbonyl (C=O) groups excluding carboxylic acids is 1. The number of anilines is 1. The highest BCUT2D eigenvalue weighted by atomic mass is 16.5. The minimum Gasteiger partial charge on any atom is -0.378 e. The highest BCUT2D eigenvalue weighted by molar-refractivity contribution is 6.01. The van der Waals surface area contributed by atoms with Gasteiger partial charge in [-0.15, -0.1) is 0 Å². The van der Waals surface area contributed by atoms with Crippen molar-refractivity contribution in [3.63, 3.8) is 0 Å². The van der Waals surface area contributed by atoms with E-state index in [0.29, 0.717) is 18.8 Å². The van der Waals surface area contributed by atoms with Gasteiger partial charge >= 0.3 is 0 Å². The minimum absolute atomic E-state index is 0.411. The van der Waals surface area contributed by atoms with Crippen molar-refractivity contribution in [2.75, 3.05) is 31.2 Å². The summed E-state index contributed by atoms with van der Waals surface area (Å²) < 4.78 is 5.36. The zero-order chi connectivity index (χ0) is 13.2. The Morgan fingerprint density at radius 1 is 1.26 bits per heavy atom. The largest absolute Gasteiger partial charge is 0.378 e. The van der Waals surface area contributed by atoms with Gasteiger partial charge < -0.3 is 15.4 Å². The lowest BCUT2D eigenvalue weighted by Crippen LogP contribution is -2.36. The molecule has 98 valence electrons. The number of rotatable bonds is 2. The number of hydrogen-bond acceptors (Lipinski definition) is 4. The van der Waals surface area contributed by atoms with Crippen LogP contribution in [0.4, 0.5) is 5.69 Å². The number of nitrogens with zero attached hydrogens (tertiary/aromatic N) is 2. The van der Waals surface area contributed by atoms with Crippen LogP contribution in [0.15, 0.2) is 30.6 Å². The van der Waals surface area contributed by atoms with E-state index in [4.69, 9.17) is 10.5 Å². The van der Waals surface area contributed by atoms with E-state index < -0.39 is 5.91 Å². The average Bonchev–Trinajstić information content (AvgIpc) is 2.47. The molecule has 2 N–H and O–H groups in total. The Morgan fingerprint density at radius 2 is 2.05 bits per heavy atom. The SMILES string of the molecule is NC(=O)c1ccc2cncc(N3CCOCC3)c2c1. The second-order valence-corrected chi connectivity index (χ2v) is 4.56. The van der Waals surface area contributed by atoms with Gasteiger partial charge in [0.2, 0.25) is 5.91 Å². The number of pyridine rings is 1. The average molecular weight is 257 g/mol. The van der Waals surface area contributed by atoms with E-state index in [1.807, 2.05) is 18.3 Å². The molecule has 1 aliphatic rings. The summed E-state index contributed by atoms with van der Waals surface area (Å²) in [5.41, 5.74) is 6.90. The van der Waals surface area contributed by atoms with Crippen molar-refractivity contribution in [3.05, 3.63) is 36.2 Å². The van der Waals surface area contributed by atoms with Crippen LogP contribution in [0.5, 0.6) is 0 Å². The Bertz CT molecular complexity index is 621. The molecular formula is C14H15N3O2. The summed E-state index contributed by atoms with van der Waals surface area (Å²) in [6, 6.07) is 5.45. The number of amides is 1. The van der Waals surface area contributed by atoms with Gasteiger partial charge in [-0.2, -0.15) is 0 Å². The molecule has 1 aromatic carbocycles. The highest BCUT2D eigenvalue weighted by Gasteiger charge is 2.15. The molecule has 0 aliphatic carbocycles. The van der Waals surface area contributed by atoms with Gasteiger partial charge in [-0.05, 0) is 12.1 Å². The quantitative estimate of drug-likeness (QED) is 0.877. The van der Waals surface area contributed by atoms with Gasteiger partial charge in [0.15, 0.2) is 0 Å². The Morgan fingerprint density at radius 3 is 2.79 bits per heavy atom. The van der Waals surface area contributed by atoms with Crippen molar-refractivity contribution in [1.29, 1.82) is 0 Å². The Kier molecular flexibility index (Phi) is 3.05. The van der Waals surface area contributed by atoms with Crippen LogP contribution in [-0.2, 0) is 4.74 Å². The van der Waals surface area contributed by atoms with Crippen molar-refractivity contribution < 1.29 is 9.53 Å². The van der Waals surface area contributed by atoms with E-state index in [2.05, 4.69) is 9.88 Å². The van der Waals surface area contributed by atoms with E-state index in [-0.39, 0.29) is 0 Å². The van der Waals surface area contributed by atoms with Gasteiger partial charge in [0.1, 0.15) is 0 Å². The number of nitrogens with two attached hydrogens (primary N) is 1. The zero-order valence-corrected chi connectivity index (χ0v) is 10.5. The molecule has 19 heavy (non-hydrogen) atoms. The molecule has 0 unspecified atom stereocenters. The summed E-state index contributed by atoms with van der Waals surface area (Å²) in [6.45, 7) is 3.10. The first-order chi connectivity index (χ1) is 9.25. The van der Waals surface area contributed by atoms with Crippen molar-refractivity contribution in [2.45, 2.75) is 0 Å². The number of fused-ring (bicyclic) bond motifs is 1. The summed E-state index contributed by atoms with van der Waals surface area (Å²) in [6.07, 6.45) is 3.63. The van der Waals surface area contributed by atoms with Gasteiger partial charge in [0.25, 0.3) is 0 Å². The first kappa shape index (κ1) is 11.9. The Hall–Kier alpha value is -2.14. The summed E-state index contributed by atoms with van der Waals surface area (Å²) in [5.74, 6) is -0.411. The molecule has 1 aromatic heterocycles. The maximum Gasteiger partial charge on any atom is 0.248 e. The molecule has 3 rings (SSSR count). The van der Waals surface area contributed by atoms with Crippen molar-refractivity contribution in [2.24, 2.45) is 5.73 Å². The molecule has 2 aromatic rings. The lowest BCUT2D eigenvalue weighted by molar-refractivity contribution is 0.100. The van der Waals surface area contributed by atoms with E-state index in [1.165, 1.54) is 0 Å². The standard InChI is InChI=1S/C14H15N3O2/c15-14(18)10-1-2-11-8-16-9-13(12(11)7-10)17-3-5-19-6-4-17/h1-2,7-9H,3-6H2,(H2,15,18). The molecule has 0 bridgehead atoms. The Balaban J connectivity index is 2.11. The lowest BCUT2D eigenvalue weighted by Gasteiger charge is -2.29. The Labute approximate surface area is 111 Å². The second-order valence-electron chi connectivity index (χ2n) is 4.56. The van der Waals surface area contributed by atoms with Crippen LogP contribution in [0.2, 0.25) is 0 Å². The fourth-order valence-corrected chi connectivity index (χ4v) is 2.36. The maximum absolute atomic E-state index is 11.3. The van der Waals surface area contributed by atoms with Crippen molar-refractivity contribution in [3.8, 4) is 0 Å². The molecule has 1 aliphatic heterocycles. The number of morpholine rings is 1. The summed E-state index contributed by atoms with van der Waals surface area (Å²) in [7, 11) is 0. The monoisotopic (exact) mass is 257 g/mol. The fraction of sp³-hybridized carbons (Fsp3) is 0.286. The summed E-state index contributed by atoms with van der Waals surface area (Å²) in [5, 5.41) is 2.02. The molecule has 0 spiro atoms. The van der Waals surface area contributed by atoms with Crippen LogP contribution in [0, 0.1) is 0 Å². The third-order valence-corrected chi connectivity index (χ3v) is 3.38. The maximum atomic E-state index is 11.3. The van der Waals surface area contributed by atoms with Gasteiger partial charge in [0.05, 0.1) is 25.1 Å². The summed E-state index contributed by atoms with van der Waals surface area (Å²) in [4.78, 5) is 17.8. The topological polar surface area (TPSA) is 68.5 Å². The molecule has 1 saturated heterocycles. The van der Waals surface area contributed by atoms with E-state index in [0.717, 1.165) is 29.5 Å². The number of aromatic nitrogens is 1. The van der Waals surface area contributed by atoms with Crippen LogP contribution in [0.1, 0.15) is 10.4 Å². The minimum atomic E-state index is -0.411. The third-order valence-electron chi connectivity index (χ3n) is 3.38. The number of benzene rings is 1. The van der Waals surface area contributed by atoms with Gasteiger partial charge in [-0.3, -0.25) is 9.78 Å².